The molecular weight excluding hydrogens is 254 g/mol. The molecule has 0 bridgehead atoms. The van der Waals surface area contributed by atoms with Gasteiger partial charge < -0.3 is 16.0 Å². The second kappa shape index (κ2) is 6.52. The van der Waals surface area contributed by atoms with Crippen molar-refractivity contribution in [3.8, 4) is 0 Å². The molecule has 3 N–H and O–H groups in total. The summed E-state index contributed by atoms with van der Waals surface area (Å²) in [4.78, 5) is 25.5. The van der Waals surface area contributed by atoms with Crippen molar-refractivity contribution in [3.63, 3.8) is 0 Å². The minimum atomic E-state index is -0.129. The number of carbonyl (C=O) groups is 2. The van der Waals surface area contributed by atoms with Gasteiger partial charge in [-0.15, -0.1) is 0 Å². The van der Waals surface area contributed by atoms with E-state index in [1.54, 1.807) is 4.90 Å². The average molecular weight is 275 g/mol. The van der Waals surface area contributed by atoms with Gasteiger partial charge in [0.25, 0.3) is 0 Å². The molecule has 0 aromatic heterocycles. The van der Waals surface area contributed by atoms with Crippen LogP contribution in [0.15, 0.2) is 24.3 Å². The number of anilines is 2. The summed E-state index contributed by atoms with van der Waals surface area (Å²) in [5.41, 5.74) is 7.23. The fraction of sp³-hybridized carbons (Fsp3) is 0.467. The lowest BCUT2D eigenvalue weighted by atomic mass is 10.1. The molecule has 1 aromatic rings. The van der Waals surface area contributed by atoms with Crippen molar-refractivity contribution in [2.24, 2.45) is 5.73 Å². The maximum absolute atomic E-state index is 11.9. The van der Waals surface area contributed by atoms with E-state index in [4.69, 9.17) is 5.73 Å². The molecule has 1 aliphatic rings. The largest absolute Gasteiger partial charge is 0.327 e. The molecule has 5 nitrogen and oxygen atoms in total. The average Bonchev–Trinajstić information content (AvgIpc) is 2.85. The zero-order chi connectivity index (χ0) is 14.5. The van der Waals surface area contributed by atoms with E-state index in [0.29, 0.717) is 25.1 Å². The zero-order valence-corrected chi connectivity index (χ0v) is 11.8. The number of nitrogens with zero attached hydrogens (tertiary/aromatic N) is 1. The number of hydrogen-bond donors (Lipinski definition) is 2. The summed E-state index contributed by atoms with van der Waals surface area (Å²) in [6.45, 7) is 2.66. The van der Waals surface area contributed by atoms with Crippen molar-refractivity contribution < 1.29 is 9.59 Å². The lowest BCUT2D eigenvalue weighted by molar-refractivity contribution is -0.117. The lowest BCUT2D eigenvalue weighted by Crippen LogP contribution is -2.28. The van der Waals surface area contributed by atoms with E-state index >= 15 is 0 Å². The third-order valence-corrected chi connectivity index (χ3v) is 3.51. The quantitative estimate of drug-likeness (QED) is 0.861. The van der Waals surface area contributed by atoms with Crippen LogP contribution in [0.1, 0.15) is 32.6 Å². The van der Waals surface area contributed by atoms with Gasteiger partial charge in [0.2, 0.25) is 11.8 Å². The smallest absolute Gasteiger partial charge is 0.227 e. The van der Waals surface area contributed by atoms with Crippen molar-refractivity contribution in [2.45, 2.75) is 38.6 Å². The maximum Gasteiger partial charge on any atom is 0.227 e. The highest BCUT2D eigenvalue weighted by Crippen LogP contribution is 2.29. The number of hydrogen-bond acceptors (Lipinski definition) is 3. The molecule has 1 heterocycles. The van der Waals surface area contributed by atoms with Crippen LogP contribution in [-0.2, 0) is 9.59 Å². The van der Waals surface area contributed by atoms with Crippen LogP contribution in [0.25, 0.3) is 0 Å². The molecule has 20 heavy (non-hydrogen) atoms. The highest BCUT2D eigenvalue weighted by Gasteiger charge is 2.24. The van der Waals surface area contributed by atoms with Gasteiger partial charge in [-0.25, -0.2) is 0 Å². The molecule has 0 spiro atoms. The predicted octanol–water partition coefficient (Wildman–Crippen LogP) is 1.88. The summed E-state index contributed by atoms with van der Waals surface area (Å²) in [7, 11) is 0. The number of carbonyl (C=O) groups excluding carboxylic acids is 2. The second-order valence-electron chi connectivity index (χ2n) is 5.09. The fourth-order valence-corrected chi connectivity index (χ4v) is 2.30. The van der Waals surface area contributed by atoms with Crippen LogP contribution >= 0.6 is 0 Å². The normalized spacial score (nSPS) is 16.3. The monoisotopic (exact) mass is 275 g/mol. The minimum absolute atomic E-state index is 0.108. The Morgan fingerprint density at radius 2 is 2.20 bits per heavy atom. The van der Waals surface area contributed by atoms with Crippen LogP contribution in [0, 0.1) is 0 Å². The lowest BCUT2D eigenvalue weighted by Gasteiger charge is -2.20. The second-order valence-corrected chi connectivity index (χ2v) is 5.09. The summed E-state index contributed by atoms with van der Waals surface area (Å²) in [6.07, 6.45) is 2.49. The van der Waals surface area contributed by atoms with E-state index in [9.17, 15) is 9.59 Å². The van der Waals surface area contributed by atoms with Gasteiger partial charge in [0.1, 0.15) is 0 Å². The van der Waals surface area contributed by atoms with Crippen LogP contribution in [-0.4, -0.2) is 24.4 Å². The summed E-state index contributed by atoms with van der Waals surface area (Å²) >= 11 is 0. The Morgan fingerprint density at radius 1 is 1.45 bits per heavy atom. The fourth-order valence-electron chi connectivity index (χ4n) is 2.30. The first-order valence-corrected chi connectivity index (χ1v) is 7.06. The Bertz CT molecular complexity index is 502. The predicted molar refractivity (Wildman–Crippen MR) is 79.5 cm³/mol. The highest BCUT2D eigenvalue weighted by atomic mass is 16.2. The van der Waals surface area contributed by atoms with Gasteiger partial charge in [0, 0.05) is 25.4 Å². The first kappa shape index (κ1) is 14.5. The summed E-state index contributed by atoms with van der Waals surface area (Å²) in [5.74, 6) is -0.00426. The van der Waals surface area contributed by atoms with Crippen LogP contribution in [0.5, 0.6) is 0 Å². The number of nitrogens with two attached hydrogens (primary N) is 1. The molecule has 1 aliphatic heterocycles. The van der Waals surface area contributed by atoms with E-state index < -0.39 is 0 Å². The zero-order valence-electron chi connectivity index (χ0n) is 11.8. The molecule has 1 atom stereocenters. The van der Waals surface area contributed by atoms with Crippen LogP contribution in [0.3, 0.4) is 0 Å². The summed E-state index contributed by atoms with van der Waals surface area (Å²) in [6, 6.07) is 7.26. The van der Waals surface area contributed by atoms with Crippen molar-refractivity contribution in [1.82, 2.24) is 0 Å². The molecular formula is C15H21N3O2. The Kier molecular flexibility index (Phi) is 4.74. The van der Waals surface area contributed by atoms with Crippen LogP contribution in [0.4, 0.5) is 11.4 Å². The number of para-hydroxylation sites is 2. The van der Waals surface area contributed by atoms with Crippen molar-refractivity contribution in [3.05, 3.63) is 24.3 Å². The van der Waals surface area contributed by atoms with Crippen LogP contribution < -0.4 is 16.0 Å². The van der Waals surface area contributed by atoms with E-state index in [-0.39, 0.29) is 17.9 Å². The van der Waals surface area contributed by atoms with E-state index in [1.165, 1.54) is 0 Å². The molecule has 2 amide bonds. The number of amides is 2. The molecule has 0 saturated carbocycles. The van der Waals surface area contributed by atoms with E-state index in [0.717, 1.165) is 18.5 Å². The molecule has 108 valence electrons. The molecule has 1 aromatic carbocycles. The molecule has 1 unspecified atom stereocenters. The van der Waals surface area contributed by atoms with Crippen LogP contribution in [0.2, 0.25) is 0 Å². The standard InChI is InChI=1S/C15H21N3O2/c1-2-11(16)10-14(19)17-12-6-3-4-7-13(12)18-9-5-8-15(18)20/h3-4,6-7,11H,2,5,8-10,16H2,1H3,(H,17,19). The van der Waals surface area contributed by atoms with Gasteiger partial charge in [-0.1, -0.05) is 19.1 Å². The third-order valence-electron chi connectivity index (χ3n) is 3.51. The third kappa shape index (κ3) is 3.36. The first-order chi connectivity index (χ1) is 9.61. The molecule has 0 radical (unpaired) electrons. The highest BCUT2D eigenvalue weighted by molar-refractivity contribution is 6.02. The maximum atomic E-state index is 11.9. The molecule has 1 saturated heterocycles. The topological polar surface area (TPSA) is 75.4 Å². The van der Waals surface area contributed by atoms with E-state index in [2.05, 4.69) is 5.32 Å². The Labute approximate surface area is 119 Å². The Morgan fingerprint density at radius 3 is 2.85 bits per heavy atom. The van der Waals surface area contributed by atoms with Gasteiger partial charge in [0.15, 0.2) is 0 Å². The van der Waals surface area contributed by atoms with Crippen molar-refractivity contribution in [1.29, 1.82) is 0 Å². The molecule has 5 heteroatoms. The van der Waals surface area contributed by atoms with E-state index in [1.807, 2.05) is 31.2 Å². The molecule has 1 fully saturated rings. The van der Waals surface area contributed by atoms with Crippen molar-refractivity contribution >= 4 is 23.2 Å². The number of benzene rings is 1. The van der Waals surface area contributed by atoms with Gasteiger partial charge in [-0.3, -0.25) is 9.59 Å². The van der Waals surface area contributed by atoms with Gasteiger partial charge in [0.05, 0.1) is 11.4 Å². The molecule has 2 rings (SSSR count). The SMILES string of the molecule is CCC(N)CC(=O)Nc1ccccc1N1CCCC1=O. The van der Waals surface area contributed by atoms with Crippen molar-refractivity contribution in [2.75, 3.05) is 16.8 Å². The van der Waals surface area contributed by atoms with Gasteiger partial charge in [-0.2, -0.15) is 0 Å². The van der Waals surface area contributed by atoms with Gasteiger partial charge >= 0.3 is 0 Å². The minimum Gasteiger partial charge on any atom is -0.327 e. The Hall–Kier alpha value is -1.88. The molecule has 0 aliphatic carbocycles. The number of nitrogens with one attached hydrogen (secondary N) is 1. The Balaban J connectivity index is 2.12. The number of rotatable bonds is 5. The summed E-state index contributed by atoms with van der Waals surface area (Å²) < 4.78 is 0. The first-order valence-electron chi connectivity index (χ1n) is 7.06. The summed E-state index contributed by atoms with van der Waals surface area (Å²) in [5, 5.41) is 2.86. The van der Waals surface area contributed by atoms with Gasteiger partial charge in [-0.05, 0) is 25.0 Å².